The summed E-state index contributed by atoms with van der Waals surface area (Å²) >= 11 is 3.75. The van der Waals surface area contributed by atoms with Crippen LogP contribution in [-0.4, -0.2) is 4.57 Å². The highest BCUT2D eigenvalue weighted by Crippen LogP contribution is 2.49. The van der Waals surface area contributed by atoms with E-state index >= 15 is 0 Å². The van der Waals surface area contributed by atoms with E-state index in [1.807, 2.05) is 22.7 Å². The first-order chi connectivity index (χ1) is 31.7. The largest absolute Gasteiger partial charge is 0.310 e. The van der Waals surface area contributed by atoms with Crippen molar-refractivity contribution in [3.8, 4) is 39.1 Å². The van der Waals surface area contributed by atoms with E-state index in [9.17, 15) is 0 Å². The van der Waals surface area contributed by atoms with Crippen molar-refractivity contribution in [1.29, 1.82) is 0 Å². The van der Waals surface area contributed by atoms with Gasteiger partial charge in [-0.1, -0.05) is 158 Å². The molecule has 0 spiro atoms. The highest BCUT2D eigenvalue weighted by molar-refractivity contribution is 7.26. The summed E-state index contributed by atoms with van der Waals surface area (Å²) < 4.78 is 7.59. The van der Waals surface area contributed by atoms with Crippen molar-refractivity contribution in [2.24, 2.45) is 0 Å². The fourth-order valence-corrected chi connectivity index (χ4v) is 12.3. The van der Waals surface area contributed by atoms with Crippen molar-refractivity contribution in [1.82, 2.24) is 4.57 Å². The van der Waals surface area contributed by atoms with E-state index in [-0.39, 0.29) is 0 Å². The molecule has 13 aromatic rings. The summed E-state index contributed by atoms with van der Waals surface area (Å²) in [4.78, 5) is 2.47. The molecule has 0 saturated heterocycles. The van der Waals surface area contributed by atoms with E-state index < -0.39 is 0 Å². The monoisotopic (exact) mass is 850 g/mol. The molecule has 0 aliphatic carbocycles. The predicted octanol–water partition coefficient (Wildman–Crippen LogP) is 18.0. The minimum Gasteiger partial charge on any atom is -0.310 e. The number of hydrogen-bond donors (Lipinski definition) is 0. The van der Waals surface area contributed by atoms with Crippen LogP contribution in [0.2, 0.25) is 0 Å². The van der Waals surface area contributed by atoms with Crippen molar-refractivity contribution in [2.75, 3.05) is 4.90 Å². The molecule has 2 nitrogen and oxygen atoms in total. The van der Waals surface area contributed by atoms with Crippen LogP contribution < -0.4 is 4.90 Å². The van der Waals surface area contributed by atoms with Crippen molar-refractivity contribution in [2.45, 2.75) is 0 Å². The molecule has 0 N–H and O–H groups in total. The second kappa shape index (κ2) is 15.0. The number of thiophene rings is 2. The Hall–Kier alpha value is -7.76. The van der Waals surface area contributed by atoms with Crippen LogP contribution in [0.25, 0.3) is 101 Å². The highest BCUT2D eigenvalue weighted by atomic mass is 32.1. The van der Waals surface area contributed by atoms with Crippen LogP contribution in [0.15, 0.2) is 231 Å². The van der Waals surface area contributed by atoms with Crippen LogP contribution in [0.4, 0.5) is 17.1 Å². The third kappa shape index (κ3) is 5.91. The molecule has 0 saturated carbocycles. The normalized spacial score (nSPS) is 11.8. The van der Waals surface area contributed by atoms with Gasteiger partial charge in [0.25, 0.3) is 0 Å². The molecule has 0 bridgehead atoms. The van der Waals surface area contributed by atoms with Gasteiger partial charge in [0.2, 0.25) is 0 Å². The molecule has 10 aromatic carbocycles. The van der Waals surface area contributed by atoms with Gasteiger partial charge in [-0.2, -0.15) is 0 Å². The fraction of sp³-hybridized carbons (Fsp3) is 0. The first kappa shape index (κ1) is 36.9. The third-order valence-electron chi connectivity index (χ3n) is 12.8. The van der Waals surface area contributed by atoms with E-state index in [0.717, 1.165) is 22.7 Å². The lowest BCUT2D eigenvalue weighted by Crippen LogP contribution is -2.10. The summed E-state index contributed by atoms with van der Waals surface area (Å²) in [5, 5.41) is 7.68. The van der Waals surface area contributed by atoms with Gasteiger partial charge in [0, 0.05) is 68.2 Å². The summed E-state index contributed by atoms with van der Waals surface area (Å²) in [6.07, 6.45) is 0. The maximum atomic E-state index is 2.47. The van der Waals surface area contributed by atoms with Gasteiger partial charge >= 0.3 is 0 Å². The van der Waals surface area contributed by atoms with E-state index in [4.69, 9.17) is 0 Å². The van der Waals surface area contributed by atoms with Crippen molar-refractivity contribution in [3.63, 3.8) is 0 Å². The summed E-state index contributed by atoms with van der Waals surface area (Å²) in [6, 6.07) is 84.6. The van der Waals surface area contributed by atoms with Crippen LogP contribution in [0.1, 0.15) is 0 Å². The molecular formula is C60H38N2S2. The predicted molar refractivity (Wildman–Crippen MR) is 278 cm³/mol. The number of fused-ring (bicyclic) bond motifs is 9. The number of hydrogen-bond acceptors (Lipinski definition) is 3. The van der Waals surface area contributed by atoms with E-state index in [2.05, 4.69) is 240 Å². The van der Waals surface area contributed by atoms with Gasteiger partial charge in [0.15, 0.2) is 0 Å². The molecule has 0 atom stereocenters. The third-order valence-corrected chi connectivity index (χ3v) is 15.1. The first-order valence-electron chi connectivity index (χ1n) is 21.7. The van der Waals surface area contributed by atoms with Gasteiger partial charge in [-0.15, -0.1) is 22.7 Å². The average Bonchev–Trinajstić information content (AvgIpc) is 4.05. The van der Waals surface area contributed by atoms with Gasteiger partial charge in [0.1, 0.15) is 0 Å². The number of anilines is 3. The minimum absolute atomic E-state index is 1.11. The summed E-state index contributed by atoms with van der Waals surface area (Å²) in [6.45, 7) is 0. The summed E-state index contributed by atoms with van der Waals surface area (Å²) in [5.74, 6) is 0. The Morgan fingerprint density at radius 2 is 0.922 bits per heavy atom. The number of nitrogens with zero attached hydrogens (tertiary/aromatic N) is 2. The number of aromatic nitrogens is 1. The molecule has 13 rings (SSSR count). The lowest BCUT2D eigenvalue weighted by molar-refractivity contribution is 1.18. The van der Waals surface area contributed by atoms with E-state index in [1.165, 1.54) is 95.5 Å². The molecule has 64 heavy (non-hydrogen) atoms. The summed E-state index contributed by atoms with van der Waals surface area (Å²) in [7, 11) is 0. The van der Waals surface area contributed by atoms with E-state index in [1.54, 1.807) is 0 Å². The Balaban J connectivity index is 1.01. The standard InChI is InChI=1S/C60H38N2S2/c1-2-15-39(16-3-1)41-17-12-19-44(37-41)61(43-33-31-40(32-34-43)46-25-14-30-57-58(46)50-23-6-10-28-55(50)63-57)54-36-35-47(60-59(54)51-24-7-11-29-56(51)64-60)42-18-13-20-45(38-42)62-52-26-8-4-21-48(52)49-22-5-9-27-53(49)62/h1-38H. The number of benzene rings is 10. The zero-order valence-corrected chi connectivity index (χ0v) is 36.3. The topological polar surface area (TPSA) is 8.17 Å². The number of rotatable bonds is 7. The lowest BCUT2D eigenvalue weighted by Gasteiger charge is -2.28. The fourth-order valence-electron chi connectivity index (χ4n) is 9.93. The Bertz CT molecular complexity index is 3860. The molecular weight excluding hydrogens is 813 g/mol. The Morgan fingerprint density at radius 1 is 0.328 bits per heavy atom. The highest BCUT2D eigenvalue weighted by Gasteiger charge is 2.23. The zero-order valence-electron chi connectivity index (χ0n) is 34.7. The van der Waals surface area contributed by atoms with Crippen LogP contribution >= 0.6 is 22.7 Å². The molecule has 0 amide bonds. The molecule has 3 heterocycles. The SMILES string of the molecule is c1ccc(-c2cccc(N(c3ccc(-c4cccc5sc6ccccc6c45)cc3)c3ccc(-c4cccc(-n5c6ccccc6c6ccccc65)c4)c4sc5ccccc5c34)c2)cc1. The van der Waals surface area contributed by atoms with Crippen molar-refractivity contribution >= 4 is 102 Å². The quantitative estimate of drug-likeness (QED) is 0.155. The molecule has 300 valence electrons. The maximum absolute atomic E-state index is 2.47. The van der Waals surface area contributed by atoms with Gasteiger partial charge in [-0.05, 0) is 106 Å². The average molecular weight is 851 g/mol. The lowest BCUT2D eigenvalue weighted by atomic mass is 9.98. The Labute approximate surface area is 378 Å². The Kier molecular flexibility index (Phi) is 8.61. The second-order valence-electron chi connectivity index (χ2n) is 16.4. The molecule has 0 radical (unpaired) electrons. The van der Waals surface area contributed by atoms with Crippen LogP contribution in [0.5, 0.6) is 0 Å². The minimum atomic E-state index is 1.11. The van der Waals surface area contributed by atoms with Gasteiger partial charge in [0.05, 0.1) is 16.7 Å². The zero-order chi connectivity index (χ0) is 42.1. The molecule has 3 aromatic heterocycles. The summed E-state index contributed by atoms with van der Waals surface area (Å²) in [5.41, 5.74) is 14.2. The smallest absolute Gasteiger partial charge is 0.0555 e. The van der Waals surface area contributed by atoms with Gasteiger partial charge < -0.3 is 9.47 Å². The van der Waals surface area contributed by atoms with Gasteiger partial charge in [-0.25, -0.2) is 0 Å². The molecule has 0 fully saturated rings. The van der Waals surface area contributed by atoms with E-state index in [0.29, 0.717) is 0 Å². The number of para-hydroxylation sites is 2. The molecule has 0 aliphatic rings. The molecule has 4 heteroatoms. The second-order valence-corrected chi connectivity index (χ2v) is 18.6. The van der Waals surface area contributed by atoms with Gasteiger partial charge in [-0.3, -0.25) is 0 Å². The Morgan fingerprint density at radius 3 is 1.69 bits per heavy atom. The van der Waals surface area contributed by atoms with Crippen molar-refractivity contribution in [3.05, 3.63) is 231 Å². The van der Waals surface area contributed by atoms with Crippen LogP contribution in [0, 0.1) is 0 Å². The molecule has 0 unspecified atom stereocenters. The van der Waals surface area contributed by atoms with Crippen LogP contribution in [-0.2, 0) is 0 Å². The molecule has 0 aliphatic heterocycles. The van der Waals surface area contributed by atoms with Crippen molar-refractivity contribution < 1.29 is 0 Å². The first-order valence-corrected chi connectivity index (χ1v) is 23.4. The maximum Gasteiger partial charge on any atom is 0.0555 e. The van der Waals surface area contributed by atoms with Crippen LogP contribution in [0.3, 0.4) is 0 Å².